The quantitative estimate of drug-likeness (QED) is 0.888. The maximum Gasteiger partial charge on any atom is 0.220 e. The lowest BCUT2D eigenvalue weighted by Gasteiger charge is -2.23. The molecule has 2 aromatic rings. The zero-order chi connectivity index (χ0) is 14.5. The second-order valence-electron chi connectivity index (χ2n) is 5.67. The van der Waals surface area contributed by atoms with Crippen molar-refractivity contribution in [1.29, 1.82) is 0 Å². The predicted octanol–water partition coefficient (Wildman–Crippen LogP) is 2.79. The third kappa shape index (κ3) is 3.64. The average Bonchev–Trinajstić information content (AvgIpc) is 2.92. The van der Waals surface area contributed by atoms with E-state index in [1.165, 1.54) is 16.5 Å². The maximum absolute atomic E-state index is 11.9. The summed E-state index contributed by atoms with van der Waals surface area (Å²) in [5.41, 5.74) is 2.46. The molecule has 4 heteroatoms. The number of carbonyl (C=O) groups excluding carboxylic acids is 1. The third-order valence-electron chi connectivity index (χ3n) is 4.11. The Morgan fingerprint density at radius 2 is 2.10 bits per heavy atom. The van der Waals surface area contributed by atoms with Gasteiger partial charge < -0.3 is 15.0 Å². The van der Waals surface area contributed by atoms with Crippen molar-refractivity contribution in [3.8, 4) is 0 Å². The molecule has 1 aromatic carbocycles. The Kier molecular flexibility index (Phi) is 4.55. The topological polar surface area (TPSA) is 54.1 Å². The van der Waals surface area contributed by atoms with E-state index in [-0.39, 0.29) is 5.91 Å². The van der Waals surface area contributed by atoms with Gasteiger partial charge >= 0.3 is 0 Å². The molecule has 112 valence electrons. The van der Waals surface area contributed by atoms with Gasteiger partial charge in [-0.15, -0.1) is 0 Å². The lowest BCUT2D eigenvalue weighted by Crippen LogP contribution is -2.38. The SMILES string of the molecule is O=C(CCCc1c[nH]c2ccccc12)NC1CCOCC1. The molecule has 21 heavy (non-hydrogen) atoms. The number of hydrogen-bond acceptors (Lipinski definition) is 2. The van der Waals surface area contributed by atoms with Crippen LogP contribution in [0.3, 0.4) is 0 Å². The summed E-state index contributed by atoms with van der Waals surface area (Å²) in [5.74, 6) is 0.168. The number of aromatic nitrogens is 1. The first kappa shape index (κ1) is 14.1. The number of aryl methyl sites for hydroxylation is 1. The van der Waals surface area contributed by atoms with E-state index in [1.54, 1.807) is 0 Å². The number of benzene rings is 1. The van der Waals surface area contributed by atoms with Gasteiger partial charge in [-0.2, -0.15) is 0 Å². The first-order valence-corrected chi connectivity index (χ1v) is 7.75. The summed E-state index contributed by atoms with van der Waals surface area (Å²) < 4.78 is 5.30. The lowest BCUT2D eigenvalue weighted by molar-refractivity contribution is -0.122. The van der Waals surface area contributed by atoms with Crippen molar-refractivity contribution in [1.82, 2.24) is 10.3 Å². The fourth-order valence-electron chi connectivity index (χ4n) is 2.92. The number of ether oxygens (including phenoxy) is 1. The molecule has 0 unspecified atom stereocenters. The van der Waals surface area contributed by atoms with Crippen LogP contribution in [-0.4, -0.2) is 30.1 Å². The van der Waals surface area contributed by atoms with Crippen molar-refractivity contribution in [2.24, 2.45) is 0 Å². The van der Waals surface area contributed by atoms with E-state index in [2.05, 4.69) is 34.7 Å². The molecule has 0 spiro atoms. The van der Waals surface area contributed by atoms with Crippen LogP contribution in [0.5, 0.6) is 0 Å². The van der Waals surface area contributed by atoms with E-state index in [0.717, 1.165) is 38.9 Å². The molecule has 0 saturated carbocycles. The van der Waals surface area contributed by atoms with Crippen LogP contribution in [0.15, 0.2) is 30.5 Å². The summed E-state index contributed by atoms with van der Waals surface area (Å²) in [5, 5.41) is 4.38. The van der Waals surface area contributed by atoms with Gasteiger partial charge in [0.1, 0.15) is 0 Å². The molecule has 1 aliphatic rings. The fraction of sp³-hybridized carbons (Fsp3) is 0.471. The smallest absolute Gasteiger partial charge is 0.220 e. The first-order valence-electron chi connectivity index (χ1n) is 7.75. The molecule has 2 N–H and O–H groups in total. The van der Waals surface area contributed by atoms with Crippen LogP contribution in [0.2, 0.25) is 0 Å². The number of hydrogen-bond donors (Lipinski definition) is 2. The zero-order valence-electron chi connectivity index (χ0n) is 12.2. The molecule has 3 rings (SSSR count). The van der Waals surface area contributed by atoms with Gasteiger partial charge in [0.15, 0.2) is 0 Å². The molecule has 4 nitrogen and oxygen atoms in total. The van der Waals surface area contributed by atoms with E-state index in [9.17, 15) is 4.79 Å². The number of para-hydroxylation sites is 1. The number of nitrogens with one attached hydrogen (secondary N) is 2. The first-order chi connectivity index (χ1) is 10.3. The molecule has 1 aliphatic heterocycles. The molecule has 1 fully saturated rings. The van der Waals surface area contributed by atoms with Crippen LogP contribution in [0, 0.1) is 0 Å². The molecule has 2 heterocycles. The highest BCUT2D eigenvalue weighted by atomic mass is 16.5. The number of fused-ring (bicyclic) bond motifs is 1. The highest BCUT2D eigenvalue weighted by Gasteiger charge is 2.15. The van der Waals surface area contributed by atoms with Crippen LogP contribution < -0.4 is 5.32 Å². The van der Waals surface area contributed by atoms with Crippen molar-refractivity contribution in [3.05, 3.63) is 36.0 Å². The Morgan fingerprint density at radius 3 is 2.95 bits per heavy atom. The molecule has 1 saturated heterocycles. The molecule has 0 radical (unpaired) electrons. The maximum atomic E-state index is 11.9. The second-order valence-corrected chi connectivity index (χ2v) is 5.67. The predicted molar refractivity (Wildman–Crippen MR) is 83.2 cm³/mol. The summed E-state index contributed by atoms with van der Waals surface area (Å²) >= 11 is 0. The highest BCUT2D eigenvalue weighted by Crippen LogP contribution is 2.19. The molecule has 0 aliphatic carbocycles. The Labute approximate surface area is 124 Å². The summed E-state index contributed by atoms with van der Waals surface area (Å²) in [6.07, 6.45) is 6.35. The third-order valence-corrected chi connectivity index (χ3v) is 4.11. The van der Waals surface area contributed by atoms with Gasteiger partial charge in [0, 0.05) is 42.8 Å². The molecular formula is C17H22N2O2. The van der Waals surface area contributed by atoms with E-state index in [4.69, 9.17) is 4.74 Å². The lowest BCUT2D eigenvalue weighted by atomic mass is 10.1. The van der Waals surface area contributed by atoms with Crippen molar-refractivity contribution in [3.63, 3.8) is 0 Å². The van der Waals surface area contributed by atoms with E-state index >= 15 is 0 Å². The van der Waals surface area contributed by atoms with Crippen LogP contribution in [0.1, 0.15) is 31.2 Å². The Hall–Kier alpha value is -1.81. The summed E-state index contributed by atoms with van der Waals surface area (Å²) in [4.78, 5) is 15.2. The van der Waals surface area contributed by atoms with Gasteiger partial charge in [-0.3, -0.25) is 4.79 Å². The zero-order valence-corrected chi connectivity index (χ0v) is 12.2. The standard InChI is InChI=1S/C17H22N2O2/c20-17(19-14-8-10-21-11-9-14)7-3-4-13-12-18-16-6-2-1-5-15(13)16/h1-2,5-6,12,14,18H,3-4,7-11H2,(H,19,20). The number of carbonyl (C=O) groups is 1. The number of rotatable bonds is 5. The van der Waals surface area contributed by atoms with Crippen molar-refractivity contribution in [2.45, 2.75) is 38.1 Å². The van der Waals surface area contributed by atoms with Crippen molar-refractivity contribution < 1.29 is 9.53 Å². The van der Waals surface area contributed by atoms with Crippen molar-refractivity contribution in [2.75, 3.05) is 13.2 Å². The Bertz CT molecular complexity index is 600. The fourth-order valence-corrected chi connectivity index (χ4v) is 2.92. The van der Waals surface area contributed by atoms with Crippen LogP contribution in [0.25, 0.3) is 10.9 Å². The molecule has 1 amide bonds. The summed E-state index contributed by atoms with van der Waals surface area (Å²) in [6.45, 7) is 1.53. The van der Waals surface area contributed by atoms with E-state index < -0.39 is 0 Å². The van der Waals surface area contributed by atoms with Crippen LogP contribution in [-0.2, 0) is 16.0 Å². The number of amides is 1. The molecular weight excluding hydrogens is 264 g/mol. The van der Waals surface area contributed by atoms with Crippen LogP contribution in [0.4, 0.5) is 0 Å². The van der Waals surface area contributed by atoms with Gasteiger partial charge in [0.25, 0.3) is 0 Å². The number of H-pyrrole nitrogens is 1. The largest absolute Gasteiger partial charge is 0.381 e. The number of aromatic amines is 1. The van der Waals surface area contributed by atoms with Gasteiger partial charge in [0.05, 0.1) is 0 Å². The minimum atomic E-state index is 0.168. The van der Waals surface area contributed by atoms with Gasteiger partial charge in [-0.25, -0.2) is 0 Å². The van der Waals surface area contributed by atoms with E-state index in [1.807, 2.05) is 6.07 Å². The van der Waals surface area contributed by atoms with Gasteiger partial charge in [0.2, 0.25) is 5.91 Å². The Balaban J connectivity index is 1.46. The monoisotopic (exact) mass is 286 g/mol. The summed E-state index contributed by atoms with van der Waals surface area (Å²) in [6, 6.07) is 8.60. The minimum Gasteiger partial charge on any atom is -0.381 e. The minimum absolute atomic E-state index is 0.168. The summed E-state index contributed by atoms with van der Waals surface area (Å²) in [7, 11) is 0. The molecule has 1 aromatic heterocycles. The average molecular weight is 286 g/mol. The van der Waals surface area contributed by atoms with Gasteiger partial charge in [-0.05, 0) is 37.3 Å². The Morgan fingerprint density at radius 1 is 1.29 bits per heavy atom. The molecule has 0 bridgehead atoms. The van der Waals surface area contributed by atoms with Gasteiger partial charge in [-0.1, -0.05) is 18.2 Å². The highest BCUT2D eigenvalue weighted by molar-refractivity contribution is 5.83. The van der Waals surface area contributed by atoms with Crippen molar-refractivity contribution >= 4 is 16.8 Å². The normalized spacial score (nSPS) is 16.2. The van der Waals surface area contributed by atoms with E-state index in [0.29, 0.717) is 12.5 Å². The molecule has 0 atom stereocenters. The van der Waals surface area contributed by atoms with Crippen LogP contribution >= 0.6 is 0 Å². The second kappa shape index (κ2) is 6.76.